The van der Waals surface area contributed by atoms with E-state index < -0.39 is 0 Å². The van der Waals surface area contributed by atoms with Gasteiger partial charge in [0.25, 0.3) is 0 Å². The van der Waals surface area contributed by atoms with Gasteiger partial charge in [0, 0.05) is 13.1 Å². The molecule has 0 bridgehead atoms. The van der Waals surface area contributed by atoms with Crippen LogP contribution in [0.3, 0.4) is 0 Å². The predicted molar refractivity (Wildman–Crippen MR) is 61.0 cm³/mol. The molecule has 1 rings (SSSR count). The quantitative estimate of drug-likeness (QED) is 0.746. The molecular formula is C12H20N2. The summed E-state index contributed by atoms with van der Waals surface area (Å²) in [5, 5.41) is 3.41. The zero-order chi connectivity index (χ0) is 10.4. The van der Waals surface area contributed by atoms with E-state index in [4.69, 9.17) is 5.73 Å². The van der Waals surface area contributed by atoms with Crippen molar-refractivity contribution in [1.82, 2.24) is 5.32 Å². The first kappa shape index (κ1) is 11.2. The van der Waals surface area contributed by atoms with Gasteiger partial charge < -0.3 is 11.1 Å². The summed E-state index contributed by atoms with van der Waals surface area (Å²) in [5.41, 5.74) is 7.15. The van der Waals surface area contributed by atoms with Gasteiger partial charge in [-0.2, -0.15) is 0 Å². The lowest BCUT2D eigenvalue weighted by Gasteiger charge is -2.22. The summed E-state index contributed by atoms with van der Waals surface area (Å²) < 4.78 is 0. The second-order valence-electron chi connectivity index (χ2n) is 4.46. The lowest BCUT2D eigenvalue weighted by molar-refractivity contribution is 0.351. The molecule has 1 aromatic rings. The molecule has 1 aromatic carbocycles. The van der Waals surface area contributed by atoms with Crippen molar-refractivity contribution in [1.29, 1.82) is 0 Å². The average Bonchev–Trinajstić information content (AvgIpc) is 2.19. The molecule has 14 heavy (non-hydrogen) atoms. The molecule has 2 heteroatoms. The number of rotatable bonds is 5. The van der Waals surface area contributed by atoms with Crippen molar-refractivity contribution in [3.05, 3.63) is 35.9 Å². The Morgan fingerprint density at radius 3 is 2.43 bits per heavy atom. The van der Waals surface area contributed by atoms with Crippen LogP contribution in [-0.2, 0) is 6.54 Å². The second-order valence-corrected chi connectivity index (χ2v) is 4.46. The van der Waals surface area contributed by atoms with Gasteiger partial charge in [-0.3, -0.25) is 0 Å². The highest BCUT2D eigenvalue weighted by molar-refractivity contribution is 5.14. The van der Waals surface area contributed by atoms with Gasteiger partial charge >= 0.3 is 0 Å². The fourth-order valence-electron chi connectivity index (χ4n) is 1.21. The van der Waals surface area contributed by atoms with Crippen molar-refractivity contribution in [3.63, 3.8) is 0 Å². The minimum Gasteiger partial charge on any atom is -0.330 e. The number of benzene rings is 1. The molecule has 0 atom stereocenters. The fraction of sp³-hybridized carbons (Fsp3) is 0.500. The standard InChI is InChI=1S/C12H20N2/c1-12(2,9-13)10-14-8-11-6-4-3-5-7-11/h3-7,14H,8-10,13H2,1-2H3. The summed E-state index contributed by atoms with van der Waals surface area (Å²) in [4.78, 5) is 0. The van der Waals surface area contributed by atoms with Crippen LogP contribution >= 0.6 is 0 Å². The summed E-state index contributed by atoms with van der Waals surface area (Å²) in [7, 11) is 0. The molecule has 0 spiro atoms. The van der Waals surface area contributed by atoms with Crippen molar-refractivity contribution < 1.29 is 0 Å². The average molecular weight is 192 g/mol. The Kier molecular flexibility index (Phi) is 4.11. The first-order chi connectivity index (χ1) is 6.64. The van der Waals surface area contributed by atoms with Crippen molar-refractivity contribution >= 4 is 0 Å². The Balaban J connectivity index is 2.29. The smallest absolute Gasteiger partial charge is 0.0205 e. The Morgan fingerprint density at radius 2 is 1.86 bits per heavy atom. The maximum atomic E-state index is 5.65. The second kappa shape index (κ2) is 5.13. The van der Waals surface area contributed by atoms with Crippen LogP contribution in [0.1, 0.15) is 19.4 Å². The first-order valence-electron chi connectivity index (χ1n) is 5.09. The van der Waals surface area contributed by atoms with Crippen LogP contribution in [0.15, 0.2) is 30.3 Å². The molecule has 0 saturated carbocycles. The Hall–Kier alpha value is -0.860. The monoisotopic (exact) mass is 192 g/mol. The molecule has 0 aliphatic carbocycles. The van der Waals surface area contributed by atoms with Crippen LogP contribution in [0, 0.1) is 5.41 Å². The third-order valence-electron chi connectivity index (χ3n) is 2.33. The molecule has 0 aliphatic heterocycles. The van der Waals surface area contributed by atoms with Gasteiger partial charge in [0.2, 0.25) is 0 Å². The van der Waals surface area contributed by atoms with Crippen molar-refractivity contribution in [2.75, 3.05) is 13.1 Å². The zero-order valence-electron chi connectivity index (χ0n) is 9.09. The Morgan fingerprint density at radius 1 is 1.21 bits per heavy atom. The molecule has 0 aromatic heterocycles. The highest BCUT2D eigenvalue weighted by Gasteiger charge is 2.13. The van der Waals surface area contributed by atoms with Crippen LogP contribution < -0.4 is 11.1 Å². The van der Waals surface area contributed by atoms with E-state index in [0.717, 1.165) is 19.6 Å². The Labute approximate surface area is 86.5 Å². The lowest BCUT2D eigenvalue weighted by atomic mass is 9.94. The van der Waals surface area contributed by atoms with Gasteiger partial charge in [-0.1, -0.05) is 44.2 Å². The number of hydrogen-bond donors (Lipinski definition) is 2. The summed E-state index contributed by atoms with van der Waals surface area (Å²) in [6.45, 7) is 6.94. The largest absolute Gasteiger partial charge is 0.330 e. The highest BCUT2D eigenvalue weighted by Crippen LogP contribution is 2.10. The maximum absolute atomic E-state index is 5.65. The molecule has 3 N–H and O–H groups in total. The van der Waals surface area contributed by atoms with E-state index in [9.17, 15) is 0 Å². The third-order valence-corrected chi connectivity index (χ3v) is 2.33. The Bertz CT molecular complexity index is 254. The number of hydrogen-bond acceptors (Lipinski definition) is 2. The minimum absolute atomic E-state index is 0.189. The van der Waals surface area contributed by atoms with E-state index in [0.29, 0.717) is 0 Å². The van der Waals surface area contributed by atoms with Gasteiger partial charge in [-0.05, 0) is 17.5 Å². The first-order valence-corrected chi connectivity index (χ1v) is 5.09. The summed E-state index contributed by atoms with van der Waals surface area (Å²) >= 11 is 0. The number of nitrogens with two attached hydrogens (primary N) is 1. The normalized spacial score (nSPS) is 11.6. The van der Waals surface area contributed by atoms with Crippen LogP contribution in [-0.4, -0.2) is 13.1 Å². The molecule has 0 heterocycles. The SMILES string of the molecule is CC(C)(CN)CNCc1ccccc1. The van der Waals surface area contributed by atoms with Gasteiger partial charge in [-0.15, -0.1) is 0 Å². The molecule has 0 unspecified atom stereocenters. The molecular weight excluding hydrogens is 172 g/mol. The molecule has 78 valence electrons. The molecule has 0 amide bonds. The van der Waals surface area contributed by atoms with Crippen molar-refractivity contribution in [2.24, 2.45) is 11.1 Å². The summed E-state index contributed by atoms with van der Waals surface area (Å²) in [6.07, 6.45) is 0. The van der Waals surface area contributed by atoms with E-state index in [2.05, 4.69) is 43.4 Å². The third kappa shape index (κ3) is 3.90. The van der Waals surface area contributed by atoms with Crippen LogP contribution in [0.2, 0.25) is 0 Å². The van der Waals surface area contributed by atoms with E-state index in [1.165, 1.54) is 5.56 Å². The lowest BCUT2D eigenvalue weighted by Crippen LogP contribution is -2.35. The van der Waals surface area contributed by atoms with E-state index in [-0.39, 0.29) is 5.41 Å². The summed E-state index contributed by atoms with van der Waals surface area (Å²) in [5.74, 6) is 0. The van der Waals surface area contributed by atoms with E-state index in [1.807, 2.05) is 6.07 Å². The number of nitrogens with one attached hydrogen (secondary N) is 1. The van der Waals surface area contributed by atoms with Crippen LogP contribution in [0.4, 0.5) is 0 Å². The zero-order valence-corrected chi connectivity index (χ0v) is 9.09. The predicted octanol–water partition coefficient (Wildman–Crippen LogP) is 1.76. The molecule has 0 fully saturated rings. The van der Waals surface area contributed by atoms with Gasteiger partial charge in [0.05, 0.1) is 0 Å². The fourth-order valence-corrected chi connectivity index (χ4v) is 1.21. The van der Waals surface area contributed by atoms with Crippen LogP contribution in [0.5, 0.6) is 0 Å². The maximum Gasteiger partial charge on any atom is 0.0205 e. The van der Waals surface area contributed by atoms with Crippen molar-refractivity contribution in [2.45, 2.75) is 20.4 Å². The van der Waals surface area contributed by atoms with Gasteiger partial charge in [0.1, 0.15) is 0 Å². The molecule has 0 saturated heterocycles. The molecule has 0 aliphatic rings. The topological polar surface area (TPSA) is 38.0 Å². The van der Waals surface area contributed by atoms with Gasteiger partial charge in [0.15, 0.2) is 0 Å². The van der Waals surface area contributed by atoms with E-state index in [1.54, 1.807) is 0 Å². The van der Waals surface area contributed by atoms with Crippen molar-refractivity contribution in [3.8, 4) is 0 Å². The van der Waals surface area contributed by atoms with Crippen LogP contribution in [0.25, 0.3) is 0 Å². The minimum atomic E-state index is 0.189. The van der Waals surface area contributed by atoms with Gasteiger partial charge in [-0.25, -0.2) is 0 Å². The molecule has 0 radical (unpaired) electrons. The summed E-state index contributed by atoms with van der Waals surface area (Å²) in [6, 6.07) is 10.4. The highest BCUT2D eigenvalue weighted by atomic mass is 14.9. The molecule has 2 nitrogen and oxygen atoms in total. The van der Waals surface area contributed by atoms with E-state index >= 15 is 0 Å².